The fraction of sp³-hybridized carbons (Fsp3) is 0.529. The monoisotopic (exact) mass is 377 g/mol. The van der Waals surface area contributed by atoms with Crippen molar-refractivity contribution in [2.24, 2.45) is 21.5 Å². The van der Waals surface area contributed by atoms with Crippen molar-refractivity contribution in [1.82, 2.24) is 0 Å². The van der Waals surface area contributed by atoms with Crippen molar-refractivity contribution in [1.29, 1.82) is 0 Å². The van der Waals surface area contributed by atoms with Gasteiger partial charge in [-0.3, -0.25) is 4.90 Å². The van der Waals surface area contributed by atoms with Gasteiger partial charge in [0.15, 0.2) is 0 Å². The molecule has 0 unspecified atom stereocenters. The first-order chi connectivity index (χ1) is 10.9. The van der Waals surface area contributed by atoms with Crippen LogP contribution in [0.25, 0.3) is 0 Å². The van der Waals surface area contributed by atoms with Crippen LogP contribution in [0.4, 0.5) is 5.69 Å². The van der Waals surface area contributed by atoms with E-state index in [0.29, 0.717) is 11.9 Å². The van der Waals surface area contributed by atoms with E-state index in [4.69, 9.17) is 16.5 Å². The average Bonchev–Trinajstić information content (AvgIpc) is 2.48. The van der Waals surface area contributed by atoms with Crippen molar-refractivity contribution in [2.45, 2.75) is 57.5 Å². The van der Waals surface area contributed by atoms with Gasteiger partial charge in [-0.1, -0.05) is 26.3 Å². The molecule has 1 saturated carbocycles. The molecule has 5 nitrogen and oxygen atoms in total. The molecule has 0 atom stereocenters. The fourth-order valence-corrected chi connectivity index (χ4v) is 4.11. The molecule has 1 fully saturated rings. The molecule has 1 aromatic carbocycles. The Balaban J connectivity index is 2.07. The quantitative estimate of drug-likeness (QED) is 0.824. The third-order valence-corrected chi connectivity index (χ3v) is 5.37. The summed E-state index contributed by atoms with van der Waals surface area (Å²) >= 11 is 3.71. The van der Waals surface area contributed by atoms with E-state index in [-0.39, 0.29) is 5.96 Å². The maximum absolute atomic E-state index is 6.27. The Kier molecular flexibility index (Phi) is 4.36. The maximum atomic E-state index is 6.27. The minimum Gasteiger partial charge on any atom is -0.369 e. The molecule has 1 heterocycles. The second-order valence-corrected chi connectivity index (χ2v) is 7.54. The topological polar surface area (TPSA) is 80.0 Å². The van der Waals surface area contributed by atoms with E-state index in [1.54, 1.807) is 0 Å². The lowest BCUT2D eigenvalue weighted by molar-refractivity contribution is 0.305. The molecule has 0 bridgehead atoms. The molecule has 0 radical (unpaired) electrons. The number of nitrogens with two attached hydrogens (primary N) is 2. The lowest BCUT2D eigenvalue weighted by Crippen LogP contribution is -2.58. The smallest absolute Gasteiger partial charge is 0.220 e. The summed E-state index contributed by atoms with van der Waals surface area (Å²) in [6.45, 7) is 4.37. The van der Waals surface area contributed by atoms with Crippen LogP contribution in [0.1, 0.15) is 57.4 Å². The van der Waals surface area contributed by atoms with Gasteiger partial charge in [-0.25, -0.2) is 4.99 Å². The fourth-order valence-electron chi connectivity index (χ4n) is 3.53. The summed E-state index contributed by atoms with van der Waals surface area (Å²) in [5.74, 6) is 1.19. The lowest BCUT2D eigenvalue weighted by Gasteiger charge is -2.46. The van der Waals surface area contributed by atoms with Gasteiger partial charge in [0.05, 0.1) is 5.69 Å². The van der Waals surface area contributed by atoms with Gasteiger partial charge in [0.25, 0.3) is 0 Å². The Morgan fingerprint density at radius 1 is 1.17 bits per heavy atom. The summed E-state index contributed by atoms with van der Waals surface area (Å²) in [5, 5.41) is 0. The number of hydrogen-bond donors (Lipinski definition) is 2. The molecule has 6 heteroatoms. The van der Waals surface area contributed by atoms with Gasteiger partial charge in [-0.2, -0.15) is 4.99 Å². The predicted molar refractivity (Wildman–Crippen MR) is 99.8 cm³/mol. The van der Waals surface area contributed by atoms with Crippen molar-refractivity contribution < 1.29 is 0 Å². The number of guanidine groups is 2. The number of rotatable bonds is 2. The molecule has 124 valence electrons. The van der Waals surface area contributed by atoms with Gasteiger partial charge >= 0.3 is 0 Å². The van der Waals surface area contributed by atoms with Gasteiger partial charge in [-0.15, -0.1) is 0 Å². The maximum Gasteiger partial charge on any atom is 0.220 e. The standard InChI is InChI=1S/C17H24BrN5/c1-11(2)12-6-7-14(13(18)10-12)23-16(20)21-15(19)22-17(23)8-4-3-5-9-17/h6-7,10-11H,3-5,8-9H2,1-2H3,(H4,19,20,21,22). The molecule has 2 aliphatic rings. The Hall–Kier alpha value is -1.56. The Morgan fingerprint density at radius 3 is 2.48 bits per heavy atom. The van der Waals surface area contributed by atoms with Gasteiger partial charge in [-0.05, 0) is 65.2 Å². The van der Waals surface area contributed by atoms with Crippen molar-refractivity contribution in [3.05, 3.63) is 28.2 Å². The third kappa shape index (κ3) is 2.96. The van der Waals surface area contributed by atoms with Crippen LogP contribution in [0.3, 0.4) is 0 Å². The molecule has 1 aliphatic carbocycles. The van der Waals surface area contributed by atoms with Crippen LogP contribution < -0.4 is 16.4 Å². The first kappa shape index (κ1) is 16.3. The average molecular weight is 378 g/mol. The zero-order valence-electron chi connectivity index (χ0n) is 13.7. The first-order valence-electron chi connectivity index (χ1n) is 8.22. The van der Waals surface area contributed by atoms with E-state index < -0.39 is 5.66 Å². The van der Waals surface area contributed by atoms with Gasteiger partial charge in [0.2, 0.25) is 11.9 Å². The molecule has 0 amide bonds. The van der Waals surface area contributed by atoms with E-state index in [9.17, 15) is 0 Å². The van der Waals surface area contributed by atoms with E-state index in [1.807, 2.05) is 0 Å². The highest BCUT2D eigenvalue weighted by Gasteiger charge is 2.43. The van der Waals surface area contributed by atoms with Crippen molar-refractivity contribution in [3.8, 4) is 0 Å². The minimum absolute atomic E-state index is 0.288. The normalized spacial score (nSPS) is 20.6. The minimum atomic E-state index is -0.393. The molecule has 23 heavy (non-hydrogen) atoms. The summed E-state index contributed by atoms with van der Waals surface area (Å²) in [5.41, 5.74) is 14.1. The van der Waals surface area contributed by atoms with E-state index >= 15 is 0 Å². The highest BCUT2D eigenvalue weighted by molar-refractivity contribution is 9.10. The zero-order valence-corrected chi connectivity index (χ0v) is 15.3. The number of benzene rings is 1. The zero-order chi connectivity index (χ0) is 16.6. The predicted octanol–water partition coefficient (Wildman–Crippen LogP) is 3.68. The number of anilines is 1. The van der Waals surface area contributed by atoms with Crippen LogP contribution in [-0.2, 0) is 0 Å². The van der Waals surface area contributed by atoms with Crippen LogP contribution >= 0.6 is 15.9 Å². The summed E-state index contributed by atoms with van der Waals surface area (Å²) < 4.78 is 1.02. The first-order valence-corrected chi connectivity index (χ1v) is 9.01. The SMILES string of the molecule is CC(C)c1ccc(N2C(N)=NC(N)=NC23CCCCC3)c(Br)c1. The van der Waals surface area contributed by atoms with Crippen molar-refractivity contribution in [3.63, 3.8) is 0 Å². The van der Waals surface area contributed by atoms with E-state index in [1.165, 1.54) is 12.0 Å². The number of aliphatic imine (C=N–C) groups is 2. The van der Waals surface area contributed by atoms with E-state index in [0.717, 1.165) is 35.8 Å². The number of nitrogens with zero attached hydrogens (tertiary/aromatic N) is 3. The highest BCUT2D eigenvalue weighted by atomic mass is 79.9. The molecular weight excluding hydrogens is 354 g/mol. The Labute approximate surface area is 146 Å². The molecule has 1 spiro atoms. The van der Waals surface area contributed by atoms with Crippen LogP contribution in [0, 0.1) is 0 Å². The second-order valence-electron chi connectivity index (χ2n) is 6.68. The molecule has 0 saturated heterocycles. The lowest BCUT2D eigenvalue weighted by atomic mass is 9.87. The van der Waals surface area contributed by atoms with Crippen molar-refractivity contribution >= 4 is 33.5 Å². The van der Waals surface area contributed by atoms with Gasteiger partial charge in [0.1, 0.15) is 5.66 Å². The molecule has 4 N–H and O–H groups in total. The molecule has 1 aliphatic heterocycles. The van der Waals surface area contributed by atoms with E-state index in [2.05, 4.69) is 57.9 Å². The van der Waals surface area contributed by atoms with Crippen LogP contribution in [0.15, 0.2) is 32.7 Å². The summed E-state index contributed by atoms with van der Waals surface area (Å²) in [6, 6.07) is 6.41. The Morgan fingerprint density at radius 2 is 1.87 bits per heavy atom. The number of hydrogen-bond acceptors (Lipinski definition) is 5. The number of halogens is 1. The van der Waals surface area contributed by atoms with Crippen LogP contribution in [0.5, 0.6) is 0 Å². The molecular formula is C17H24BrN5. The summed E-state index contributed by atoms with van der Waals surface area (Å²) in [7, 11) is 0. The van der Waals surface area contributed by atoms with Gasteiger partial charge in [0, 0.05) is 4.47 Å². The Bertz CT molecular complexity index is 659. The largest absolute Gasteiger partial charge is 0.369 e. The molecule has 1 aromatic rings. The van der Waals surface area contributed by atoms with Crippen LogP contribution in [0.2, 0.25) is 0 Å². The molecule has 3 rings (SSSR count). The second kappa shape index (κ2) is 6.15. The summed E-state index contributed by atoms with van der Waals surface area (Å²) in [4.78, 5) is 11.0. The molecule has 0 aromatic heterocycles. The third-order valence-electron chi connectivity index (χ3n) is 4.73. The highest BCUT2D eigenvalue weighted by Crippen LogP contribution is 2.42. The van der Waals surface area contributed by atoms with Crippen LogP contribution in [-0.4, -0.2) is 17.6 Å². The van der Waals surface area contributed by atoms with Gasteiger partial charge < -0.3 is 11.5 Å². The summed E-state index contributed by atoms with van der Waals surface area (Å²) in [6.07, 6.45) is 5.38. The van der Waals surface area contributed by atoms with Crippen molar-refractivity contribution in [2.75, 3.05) is 4.90 Å².